The molecule has 3 amide bonds. The van der Waals surface area contributed by atoms with E-state index in [1.54, 1.807) is 18.2 Å². The summed E-state index contributed by atoms with van der Waals surface area (Å²) in [5, 5.41) is 6.41. The number of anilines is 1. The van der Waals surface area contributed by atoms with E-state index in [9.17, 15) is 9.59 Å². The second kappa shape index (κ2) is 7.00. The van der Waals surface area contributed by atoms with E-state index >= 15 is 0 Å². The van der Waals surface area contributed by atoms with Gasteiger partial charge in [-0.05, 0) is 36.8 Å². The number of urea groups is 1. The molecule has 0 saturated carbocycles. The lowest BCUT2D eigenvalue weighted by molar-refractivity contribution is 0.0935. The number of pyridine rings is 1. The monoisotopic (exact) mass is 334 g/mol. The molecule has 0 bridgehead atoms. The van der Waals surface area contributed by atoms with Crippen molar-refractivity contribution in [3.8, 4) is 0 Å². The van der Waals surface area contributed by atoms with Crippen molar-refractivity contribution >= 4 is 28.5 Å². The Balaban J connectivity index is 1.71. The molecule has 1 aromatic heterocycles. The van der Waals surface area contributed by atoms with E-state index < -0.39 is 6.03 Å². The summed E-state index contributed by atoms with van der Waals surface area (Å²) in [5.41, 5.74) is 7.74. The Bertz CT molecular complexity index is 922. The topological polar surface area (TPSA) is 97.1 Å². The van der Waals surface area contributed by atoms with Crippen molar-refractivity contribution in [2.45, 2.75) is 13.0 Å². The fourth-order valence-corrected chi connectivity index (χ4v) is 2.54. The average Bonchev–Trinajstić information content (AvgIpc) is 2.61. The van der Waals surface area contributed by atoms with Crippen LogP contribution in [-0.2, 0) is 0 Å². The molecular weight excluding hydrogens is 316 g/mol. The lowest BCUT2D eigenvalue weighted by Crippen LogP contribution is -2.27. The summed E-state index contributed by atoms with van der Waals surface area (Å²) in [6.45, 7) is 1.88. The Kier molecular flexibility index (Phi) is 4.61. The predicted molar refractivity (Wildman–Crippen MR) is 97.3 cm³/mol. The quantitative estimate of drug-likeness (QED) is 0.683. The van der Waals surface area contributed by atoms with Crippen LogP contribution in [0.3, 0.4) is 0 Å². The second-order valence-electron chi connectivity index (χ2n) is 5.70. The van der Waals surface area contributed by atoms with Crippen LogP contribution in [0.4, 0.5) is 10.5 Å². The van der Waals surface area contributed by atoms with E-state index in [0.717, 1.165) is 16.5 Å². The summed E-state index contributed by atoms with van der Waals surface area (Å²) in [6.07, 6.45) is 0. The van der Waals surface area contributed by atoms with E-state index in [0.29, 0.717) is 11.4 Å². The number of nitrogens with zero attached hydrogens (tertiary/aromatic N) is 1. The average molecular weight is 334 g/mol. The number of nitrogens with one attached hydrogen (secondary N) is 2. The first-order chi connectivity index (χ1) is 12.0. The number of para-hydroxylation sites is 1. The van der Waals surface area contributed by atoms with E-state index in [1.165, 1.54) is 0 Å². The van der Waals surface area contributed by atoms with Gasteiger partial charge in [-0.3, -0.25) is 4.79 Å². The number of primary amides is 1. The third-order valence-corrected chi connectivity index (χ3v) is 3.86. The highest BCUT2D eigenvalue weighted by Crippen LogP contribution is 2.17. The number of hydrogen-bond donors (Lipinski definition) is 3. The number of nitrogens with two attached hydrogens (primary N) is 1. The van der Waals surface area contributed by atoms with E-state index in [1.807, 2.05) is 49.4 Å². The van der Waals surface area contributed by atoms with Crippen LogP contribution in [-0.4, -0.2) is 16.9 Å². The van der Waals surface area contributed by atoms with Crippen LogP contribution < -0.4 is 16.4 Å². The largest absolute Gasteiger partial charge is 0.351 e. The minimum atomic E-state index is -0.614. The Morgan fingerprint density at radius 1 is 1.00 bits per heavy atom. The van der Waals surface area contributed by atoms with Gasteiger partial charge in [-0.25, -0.2) is 9.78 Å². The molecule has 6 heteroatoms. The molecule has 0 radical (unpaired) electrons. The van der Waals surface area contributed by atoms with Crippen LogP contribution >= 0.6 is 0 Å². The zero-order chi connectivity index (χ0) is 17.8. The molecule has 0 aliphatic heterocycles. The first-order valence-electron chi connectivity index (χ1n) is 7.86. The van der Waals surface area contributed by atoms with Crippen molar-refractivity contribution in [2.75, 3.05) is 5.32 Å². The number of aromatic nitrogens is 1. The van der Waals surface area contributed by atoms with Gasteiger partial charge in [0.2, 0.25) is 0 Å². The molecule has 0 unspecified atom stereocenters. The van der Waals surface area contributed by atoms with Gasteiger partial charge in [0.15, 0.2) is 0 Å². The predicted octanol–water partition coefficient (Wildman–Crippen LogP) is 3.22. The first-order valence-corrected chi connectivity index (χ1v) is 7.86. The lowest BCUT2D eigenvalue weighted by Gasteiger charge is -2.15. The van der Waals surface area contributed by atoms with E-state index in [2.05, 4.69) is 15.6 Å². The third-order valence-electron chi connectivity index (χ3n) is 3.86. The minimum absolute atomic E-state index is 0.205. The van der Waals surface area contributed by atoms with Gasteiger partial charge in [-0.15, -0.1) is 0 Å². The highest BCUT2D eigenvalue weighted by molar-refractivity contribution is 5.95. The van der Waals surface area contributed by atoms with Gasteiger partial charge in [0.25, 0.3) is 5.91 Å². The summed E-state index contributed by atoms with van der Waals surface area (Å²) < 4.78 is 0. The summed E-state index contributed by atoms with van der Waals surface area (Å²) in [5.74, 6) is -0.238. The van der Waals surface area contributed by atoms with Crippen LogP contribution in [0.25, 0.3) is 10.9 Å². The van der Waals surface area contributed by atoms with Crippen molar-refractivity contribution in [1.29, 1.82) is 0 Å². The molecule has 3 aromatic rings. The Labute approximate surface area is 145 Å². The zero-order valence-corrected chi connectivity index (χ0v) is 13.7. The van der Waals surface area contributed by atoms with Crippen molar-refractivity contribution in [1.82, 2.24) is 10.3 Å². The molecule has 1 heterocycles. The molecule has 0 fully saturated rings. The molecular formula is C19H18N4O2. The molecule has 0 aliphatic rings. The molecule has 0 saturated heterocycles. The molecule has 3 rings (SSSR count). The first kappa shape index (κ1) is 16.4. The van der Waals surface area contributed by atoms with Gasteiger partial charge in [0.1, 0.15) is 5.69 Å². The number of hydrogen-bond acceptors (Lipinski definition) is 3. The summed E-state index contributed by atoms with van der Waals surface area (Å²) >= 11 is 0. The number of benzene rings is 2. The Morgan fingerprint density at radius 2 is 1.72 bits per heavy atom. The summed E-state index contributed by atoms with van der Waals surface area (Å²) in [4.78, 5) is 27.7. The minimum Gasteiger partial charge on any atom is -0.351 e. The molecule has 0 aliphatic carbocycles. The van der Waals surface area contributed by atoms with Gasteiger partial charge in [0.05, 0.1) is 11.6 Å². The van der Waals surface area contributed by atoms with Crippen LogP contribution in [0, 0.1) is 0 Å². The summed E-state index contributed by atoms with van der Waals surface area (Å²) in [6, 6.07) is 17.5. The van der Waals surface area contributed by atoms with Gasteiger partial charge in [-0.2, -0.15) is 0 Å². The Hall–Kier alpha value is -3.41. The lowest BCUT2D eigenvalue weighted by atomic mass is 10.1. The second-order valence-corrected chi connectivity index (χ2v) is 5.70. The maximum Gasteiger partial charge on any atom is 0.316 e. The Morgan fingerprint density at radius 3 is 2.44 bits per heavy atom. The van der Waals surface area contributed by atoms with Crippen molar-refractivity contribution in [3.05, 3.63) is 71.9 Å². The number of rotatable bonds is 4. The van der Waals surface area contributed by atoms with Crippen molar-refractivity contribution in [3.63, 3.8) is 0 Å². The SMILES string of the molecule is C[C@@H](NC(=O)c1ccc2ccccc2n1)c1ccc(NC(N)=O)cc1. The van der Waals surface area contributed by atoms with Gasteiger partial charge in [0, 0.05) is 11.1 Å². The fourth-order valence-electron chi connectivity index (χ4n) is 2.54. The maximum atomic E-state index is 12.4. The van der Waals surface area contributed by atoms with Crippen molar-refractivity contribution in [2.24, 2.45) is 5.73 Å². The number of fused-ring (bicyclic) bond motifs is 1. The van der Waals surface area contributed by atoms with E-state index in [-0.39, 0.29) is 11.9 Å². The zero-order valence-electron chi connectivity index (χ0n) is 13.7. The number of carbonyl (C=O) groups excluding carboxylic acids is 2. The molecule has 0 spiro atoms. The maximum absolute atomic E-state index is 12.4. The standard InChI is InChI=1S/C19H18N4O2/c1-12(13-6-9-15(10-7-13)22-19(20)25)21-18(24)17-11-8-14-4-2-3-5-16(14)23-17/h2-12H,1H3,(H,21,24)(H3,20,22,25)/t12-/m1/s1. The van der Waals surface area contributed by atoms with Crippen LogP contribution in [0.5, 0.6) is 0 Å². The highest BCUT2D eigenvalue weighted by Gasteiger charge is 2.13. The van der Waals surface area contributed by atoms with Crippen LogP contribution in [0.1, 0.15) is 29.0 Å². The molecule has 4 N–H and O–H groups in total. The van der Waals surface area contributed by atoms with Gasteiger partial charge in [-0.1, -0.05) is 36.4 Å². The van der Waals surface area contributed by atoms with Gasteiger partial charge >= 0.3 is 6.03 Å². The number of carbonyl (C=O) groups is 2. The molecule has 6 nitrogen and oxygen atoms in total. The highest BCUT2D eigenvalue weighted by atomic mass is 16.2. The summed E-state index contributed by atoms with van der Waals surface area (Å²) in [7, 11) is 0. The molecule has 126 valence electrons. The van der Waals surface area contributed by atoms with Crippen LogP contribution in [0.15, 0.2) is 60.7 Å². The third kappa shape index (κ3) is 3.92. The molecule has 2 aromatic carbocycles. The molecule has 25 heavy (non-hydrogen) atoms. The normalized spacial score (nSPS) is 11.7. The number of amides is 3. The van der Waals surface area contributed by atoms with Crippen molar-refractivity contribution < 1.29 is 9.59 Å². The van der Waals surface area contributed by atoms with Gasteiger partial charge < -0.3 is 16.4 Å². The fraction of sp³-hybridized carbons (Fsp3) is 0.105. The smallest absolute Gasteiger partial charge is 0.316 e. The van der Waals surface area contributed by atoms with E-state index in [4.69, 9.17) is 5.73 Å². The molecule has 1 atom stereocenters. The van der Waals surface area contributed by atoms with Crippen LogP contribution in [0.2, 0.25) is 0 Å².